The fraction of sp³-hybridized carbons (Fsp3) is 0.500. The van der Waals surface area contributed by atoms with E-state index in [1.165, 1.54) is 0 Å². The standard InChI is InChI=1S/C22H28N4O3/c1-14(2)21-23-15(3)13-19(24-21)25-9-11-26(12-10-25)22(27)20-16(4)28-17-7-5-6-8-18(17)29-20/h5-8,13-14,16,20H,9-12H2,1-4H3/t16-,20+/m1/s1. The minimum atomic E-state index is -0.620. The summed E-state index contributed by atoms with van der Waals surface area (Å²) >= 11 is 0. The SMILES string of the molecule is Cc1cc(N2CCN(C(=O)[C@H]3Oc4ccccc4O[C@@H]3C)CC2)nc(C(C)C)n1. The molecule has 1 aromatic carbocycles. The molecule has 7 heteroatoms. The van der Waals surface area contributed by atoms with Crippen LogP contribution < -0.4 is 14.4 Å². The van der Waals surface area contributed by atoms with Crippen LogP contribution in [0.15, 0.2) is 30.3 Å². The highest BCUT2D eigenvalue weighted by Gasteiger charge is 2.37. The quantitative estimate of drug-likeness (QED) is 0.795. The van der Waals surface area contributed by atoms with Gasteiger partial charge in [-0.2, -0.15) is 0 Å². The summed E-state index contributed by atoms with van der Waals surface area (Å²) in [5.41, 5.74) is 0.970. The van der Waals surface area contributed by atoms with E-state index in [0.717, 1.165) is 30.4 Å². The second kappa shape index (κ2) is 7.89. The van der Waals surface area contributed by atoms with Crippen LogP contribution in [-0.4, -0.2) is 59.2 Å². The number of piperazine rings is 1. The molecule has 0 radical (unpaired) electrons. The third-order valence-electron chi connectivity index (χ3n) is 5.38. The zero-order valence-corrected chi connectivity index (χ0v) is 17.5. The lowest BCUT2D eigenvalue weighted by atomic mass is 10.1. The van der Waals surface area contributed by atoms with Crippen molar-refractivity contribution in [1.29, 1.82) is 0 Å². The number of carbonyl (C=O) groups excluding carboxylic acids is 1. The summed E-state index contributed by atoms with van der Waals surface area (Å²) in [6, 6.07) is 9.49. The Bertz CT molecular complexity index is 893. The molecule has 0 saturated carbocycles. The minimum Gasteiger partial charge on any atom is -0.482 e. The largest absolute Gasteiger partial charge is 0.482 e. The lowest BCUT2D eigenvalue weighted by Gasteiger charge is -2.39. The summed E-state index contributed by atoms with van der Waals surface area (Å²) in [4.78, 5) is 26.4. The van der Waals surface area contributed by atoms with E-state index in [-0.39, 0.29) is 17.9 Å². The minimum absolute atomic E-state index is 0.0200. The van der Waals surface area contributed by atoms with Crippen molar-refractivity contribution in [2.75, 3.05) is 31.1 Å². The lowest BCUT2D eigenvalue weighted by molar-refractivity contribution is -0.144. The number of aromatic nitrogens is 2. The number of aryl methyl sites for hydroxylation is 1. The van der Waals surface area contributed by atoms with Gasteiger partial charge in [0.05, 0.1) is 0 Å². The normalized spacial score (nSPS) is 21.4. The molecule has 1 aromatic heterocycles. The monoisotopic (exact) mass is 396 g/mol. The van der Waals surface area contributed by atoms with Gasteiger partial charge in [-0.05, 0) is 26.0 Å². The summed E-state index contributed by atoms with van der Waals surface area (Å²) in [5, 5.41) is 0. The van der Waals surface area contributed by atoms with Crippen LogP contribution in [0.3, 0.4) is 0 Å². The van der Waals surface area contributed by atoms with Crippen LogP contribution in [0.1, 0.15) is 38.2 Å². The number of hydrogen-bond donors (Lipinski definition) is 0. The molecule has 0 unspecified atom stereocenters. The van der Waals surface area contributed by atoms with Crippen molar-refractivity contribution < 1.29 is 14.3 Å². The van der Waals surface area contributed by atoms with Crippen molar-refractivity contribution >= 4 is 11.7 Å². The molecule has 29 heavy (non-hydrogen) atoms. The fourth-order valence-corrected chi connectivity index (χ4v) is 3.72. The van der Waals surface area contributed by atoms with Crippen molar-refractivity contribution in [2.24, 2.45) is 0 Å². The lowest BCUT2D eigenvalue weighted by Crippen LogP contribution is -2.56. The maximum absolute atomic E-state index is 13.1. The number of nitrogens with zero attached hydrogens (tertiary/aromatic N) is 4. The fourth-order valence-electron chi connectivity index (χ4n) is 3.72. The molecule has 0 bridgehead atoms. The van der Waals surface area contributed by atoms with E-state index in [1.807, 2.05) is 49.1 Å². The van der Waals surface area contributed by atoms with Crippen LogP contribution in [0.5, 0.6) is 11.5 Å². The molecule has 3 heterocycles. The molecular weight excluding hydrogens is 368 g/mol. The Morgan fingerprint density at radius 3 is 2.38 bits per heavy atom. The number of hydrogen-bond acceptors (Lipinski definition) is 6. The van der Waals surface area contributed by atoms with Crippen LogP contribution in [0, 0.1) is 6.92 Å². The molecule has 0 spiro atoms. The van der Waals surface area contributed by atoms with Crippen molar-refractivity contribution in [3.8, 4) is 11.5 Å². The average Bonchev–Trinajstić information content (AvgIpc) is 2.72. The second-order valence-electron chi connectivity index (χ2n) is 8.00. The van der Waals surface area contributed by atoms with E-state index in [0.29, 0.717) is 24.6 Å². The Morgan fingerprint density at radius 1 is 1.07 bits per heavy atom. The predicted octanol–water partition coefficient (Wildman–Crippen LogP) is 2.79. The first-order chi connectivity index (χ1) is 13.9. The first-order valence-corrected chi connectivity index (χ1v) is 10.2. The highest BCUT2D eigenvalue weighted by Crippen LogP contribution is 2.34. The summed E-state index contributed by atoms with van der Waals surface area (Å²) < 4.78 is 11.9. The second-order valence-corrected chi connectivity index (χ2v) is 8.00. The third kappa shape index (κ3) is 3.99. The molecule has 2 atom stereocenters. The Hall–Kier alpha value is -2.83. The summed E-state index contributed by atoms with van der Waals surface area (Å²) in [6.45, 7) is 10.8. The first kappa shape index (κ1) is 19.5. The number of anilines is 1. The van der Waals surface area contributed by atoms with Crippen molar-refractivity contribution in [3.63, 3.8) is 0 Å². The smallest absolute Gasteiger partial charge is 0.267 e. The van der Waals surface area contributed by atoms with Gasteiger partial charge in [0.25, 0.3) is 5.91 Å². The van der Waals surface area contributed by atoms with Gasteiger partial charge in [0.15, 0.2) is 11.5 Å². The van der Waals surface area contributed by atoms with Gasteiger partial charge in [0.1, 0.15) is 17.7 Å². The molecule has 0 N–H and O–H groups in total. The van der Waals surface area contributed by atoms with Crippen LogP contribution in [0.4, 0.5) is 5.82 Å². The molecular formula is C22H28N4O3. The van der Waals surface area contributed by atoms with E-state index in [4.69, 9.17) is 14.5 Å². The van der Waals surface area contributed by atoms with E-state index in [1.54, 1.807) is 0 Å². The summed E-state index contributed by atoms with van der Waals surface area (Å²) in [5.74, 6) is 3.37. The Kier molecular flexibility index (Phi) is 5.30. The zero-order valence-electron chi connectivity index (χ0n) is 17.5. The van der Waals surface area contributed by atoms with Crippen LogP contribution in [0.25, 0.3) is 0 Å². The molecule has 1 fully saturated rings. The van der Waals surface area contributed by atoms with E-state index >= 15 is 0 Å². The zero-order chi connectivity index (χ0) is 20.5. The number of fused-ring (bicyclic) bond motifs is 1. The van der Waals surface area contributed by atoms with Gasteiger partial charge in [-0.1, -0.05) is 26.0 Å². The summed E-state index contributed by atoms with van der Waals surface area (Å²) in [6.07, 6.45) is -0.946. The number of benzene rings is 1. The van der Waals surface area contributed by atoms with Gasteiger partial charge in [-0.25, -0.2) is 9.97 Å². The first-order valence-electron chi connectivity index (χ1n) is 10.2. The molecule has 1 amide bonds. The van der Waals surface area contributed by atoms with Crippen molar-refractivity contribution in [3.05, 3.63) is 41.9 Å². The molecule has 2 aromatic rings. The molecule has 2 aliphatic heterocycles. The number of rotatable bonds is 3. The van der Waals surface area contributed by atoms with Crippen molar-refractivity contribution in [1.82, 2.24) is 14.9 Å². The molecule has 154 valence electrons. The Morgan fingerprint density at radius 2 is 1.72 bits per heavy atom. The van der Waals surface area contributed by atoms with Crippen molar-refractivity contribution in [2.45, 2.75) is 45.8 Å². The topological polar surface area (TPSA) is 67.8 Å². The molecule has 0 aliphatic carbocycles. The number of carbonyl (C=O) groups is 1. The molecule has 1 saturated heterocycles. The summed E-state index contributed by atoms with van der Waals surface area (Å²) in [7, 11) is 0. The number of amides is 1. The van der Waals surface area contributed by atoms with Gasteiger partial charge < -0.3 is 19.3 Å². The van der Waals surface area contributed by atoms with E-state index in [2.05, 4.69) is 23.7 Å². The molecule has 7 nitrogen and oxygen atoms in total. The highest BCUT2D eigenvalue weighted by molar-refractivity contribution is 5.82. The van der Waals surface area contributed by atoms with Gasteiger partial charge in [0.2, 0.25) is 6.10 Å². The van der Waals surface area contributed by atoms with E-state index in [9.17, 15) is 4.79 Å². The van der Waals surface area contributed by atoms with Gasteiger partial charge in [-0.3, -0.25) is 4.79 Å². The average molecular weight is 396 g/mol. The maximum atomic E-state index is 13.1. The molecule has 2 aliphatic rings. The van der Waals surface area contributed by atoms with Crippen LogP contribution in [0.2, 0.25) is 0 Å². The highest BCUT2D eigenvalue weighted by atomic mass is 16.6. The van der Waals surface area contributed by atoms with Crippen LogP contribution in [-0.2, 0) is 4.79 Å². The van der Waals surface area contributed by atoms with Crippen LogP contribution >= 0.6 is 0 Å². The van der Waals surface area contributed by atoms with Gasteiger partial charge >= 0.3 is 0 Å². The van der Waals surface area contributed by atoms with Gasteiger partial charge in [0, 0.05) is 43.9 Å². The third-order valence-corrected chi connectivity index (χ3v) is 5.38. The Labute approximate surface area is 171 Å². The Balaban J connectivity index is 1.42. The van der Waals surface area contributed by atoms with E-state index < -0.39 is 6.10 Å². The number of para-hydroxylation sites is 2. The maximum Gasteiger partial charge on any atom is 0.267 e. The van der Waals surface area contributed by atoms with Gasteiger partial charge in [-0.15, -0.1) is 0 Å². The molecule has 4 rings (SSSR count). The predicted molar refractivity (Wildman–Crippen MR) is 111 cm³/mol. The number of ether oxygens (including phenoxy) is 2.